The molecule has 6 heteroatoms. The van der Waals surface area contributed by atoms with Gasteiger partial charge in [-0.2, -0.15) is 0 Å². The Kier molecular flexibility index (Phi) is 4.88. The predicted octanol–water partition coefficient (Wildman–Crippen LogP) is 1.96. The summed E-state index contributed by atoms with van der Waals surface area (Å²) in [6, 6.07) is 2.97. The smallest absolute Gasteiger partial charge is 0.220 e. The van der Waals surface area contributed by atoms with E-state index in [4.69, 9.17) is 5.73 Å². The van der Waals surface area contributed by atoms with Gasteiger partial charge in [-0.1, -0.05) is 0 Å². The quantitative estimate of drug-likeness (QED) is 0.825. The van der Waals surface area contributed by atoms with E-state index in [1.165, 1.54) is 0 Å². The van der Waals surface area contributed by atoms with E-state index in [9.17, 15) is 4.79 Å². The highest BCUT2D eigenvalue weighted by Gasteiger charge is 2.29. The maximum absolute atomic E-state index is 11.8. The fourth-order valence-corrected chi connectivity index (χ4v) is 3.97. The minimum absolute atomic E-state index is 0.240. The number of nitrogens with one attached hydrogen (secondary N) is 1. The van der Waals surface area contributed by atoms with Crippen molar-refractivity contribution in [2.24, 2.45) is 11.7 Å². The van der Waals surface area contributed by atoms with E-state index in [-0.39, 0.29) is 5.91 Å². The Labute approximate surface area is 149 Å². The lowest BCUT2D eigenvalue weighted by molar-refractivity contribution is -0.121. The van der Waals surface area contributed by atoms with Crippen LogP contribution in [0.5, 0.6) is 0 Å². The van der Waals surface area contributed by atoms with Crippen LogP contribution in [0.3, 0.4) is 0 Å². The fraction of sp³-hybridized carbons (Fsp3) is 0.737. The molecule has 136 valence electrons. The maximum Gasteiger partial charge on any atom is 0.220 e. The zero-order valence-electron chi connectivity index (χ0n) is 14.9. The van der Waals surface area contributed by atoms with Crippen LogP contribution in [-0.2, 0) is 4.79 Å². The van der Waals surface area contributed by atoms with Crippen LogP contribution in [0.4, 0.5) is 5.82 Å². The summed E-state index contributed by atoms with van der Waals surface area (Å²) in [6.45, 7) is 2.05. The molecule has 0 unspecified atom stereocenters. The number of hydrogen-bond acceptors (Lipinski definition) is 5. The Balaban J connectivity index is 1.24. The molecule has 1 amide bonds. The summed E-state index contributed by atoms with van der Waals surface area (Å²) in [4.78, 5) is 23.1. The van der Waals surface area contributed by atoms with Crippen LogP contribution in [0.2, 0.25) is 0 Å². The number of amides is 1. The molecular weight excluding hydrogens is 314 g/mol. The molecule has 0 aromatic carbocycles. The van der Waals surface area contributed by atoms with Crippen LogP contribution in [0, 0.1) is 5.92 Å². The van der Waals surface area contributed by atoms with E-state index in [0.717, 1.165) is 69.5 Å². The third kappa shape index (κ3) is 4.29. The van der Waals surface area contributed by atoms with Gasteiger partial charge in [-0.05, 0) is 50.9 Å². The van der Waals surface area contributed by atoms with Crippen molar-refractivity contribution in [2.45, 2.75) is 69.4 Å². The molecule has 25 heavy (non-hydrogen) atoms. The summed E-state index contributed by atoms with van der Waals surface area (Å²) in [5, 5.41) is 3.08. The molecular formula is C19H29N5O. The lowest BCUT2D eigenvalue weighted by Crippen LogP contribution is -2.36. The van der Waals surface area contributed by atoms with Crippen LogP contribution >= 0.6 is 0 Å². The Hall–Kier alpha value is -1.69. The number of carbonyl (C=O) groups excluding carboxylic acids is 1. The zero-order valence-corrected chi connectivity index (χ0v) is 14.9. The molecule has 1 aromatic rings. The first kappa shape index (κ1) is 16.8. The van der Waals surface area contributed by atoms with Crippen molar-refractivity contribution < 1.29 is 4.79 Å². The van der Waals surface area contributed by atoms with E-state index >= 15 is 0 Å². The Morgan fingerprint density at radius 3 is 2.64 bits per heavy atom. The number of piperidine rings is 1. The highest BCUT2D eigenvalue weighted by Crippen LogP contribution is 2.35. The lowest BCUT2D eigenvalue weighted by atomic mass is 9.78. The van der Waals surface area contributed by atoms with Crippen LogP contribution < -0.4 is 16.0 Å². The minimum atomic E-state index is 0.240. The summed E-state index contributed by atoms with van der Waals surface area (Å²) >= 11 is 0. The topological polar surface area (TPSA) is 84.1 Å². The Bertz CT molecular complexity index is 604. The predicted molar refractivity (Wildman–Crippen MR) is 97.3 cm³/mol. The van der Waals surface area contributed by atoms with Gasteiger partial charge in [0.1, 0.15) is 12.1 Å². The number of nitrogens with zero attached hydrogens (tertiary/aromatic N) is 3. The molecule has 4 rings (SSSR count). The second-order valence-corrected chi connectivity index (χ2v) is 8.04. The fourth-order valence-electron chi connectivity index (χ4n) is 3.97. The number of nitrogens with two attached hydrogens (primary N) is 1. The molecule has 0 bridgehead atoms. The molecule has 0 atom stereocenters. The third-order valence-electron chi connectivity index (χ3n) is 5.93. The van der Waals surface area contributed by atoms with Crippen LogP contribution in [-0.4, -0.2) is 41.0 Å². The van der Waals surface area contributed by atoms with E-state index in [1.807, 2.05) is 0 Å². The van der Waals surface area contributed by atoms with Crippen molar-refractivity contribution in [1.82, 2.24) is 15.3 Å². The normalized spacial score (nSPS) is 27.0. The standard InChI is InChI=1S/C19H29N5O/c20-15-9-14(10-15)17-11-18(22-12-21-17)24-7-5-13(6-8-24)1-4-19(25)23-16-2-3-16/h11-16H,1-10,20H2,(H,23,25). The summed E-state index contributed by atoms with van der Waals surface area (Å²) in [7, 11) is 0. The van der Waals surface area contributed by atoms with Gasteiger partial charge in [0, 0.05) is 49.3 Å². The van der Waals surface area contributed by atoms with Crippen molar-refractivity contribution in [1.29, 1.82) is 0 Å². The van der Waals surface area contributed by atoms with Crippen molar-refractivity contribution in [2.75, 3.05) is 18.0 Å². The number of hydrogen-bond donors (Lipinski definition) is 2. The first-order valence-corrected chi connectivity index (χ1v) is 9.79. The molecule has 6 nitrogen and oxygen atoms in total. The lowest BCUT2D eigenvalue weighted by Gasteiger charge is -2.34. The average Bonchev–Trinajstić information content (AvgIpc) is 3.42. The Morgan fingerprint density at radius 1 is 1.20 bits per heavy atom. The van der Waals surface area contributed by atoms with Gasteiger partial charge >= 0.3 is 0 Å². The second-order valence-electron chi connectivity index (χ2n) is 8.04. The largest absolute Gasteiger partial charge is 0.356 e. The maximum atomic E-state index is 11.8. The first-order valence-electron chi connectivity index (χ1n) is 9.79. The van der Waals surface area contributed by atoms with Gasteiger partial charge in [-0.15, -0.1) is 0 Å². The third-order valence-corrected chi connectivity index (χ3v) is 5.93. The van der Waals surface area contributed by atoms with E-state index in [0.29, 0.717) is 30.3 Å². The van der Waals surface area contributed by atoms with Crippen molar-refractivity contribution in [3.05, 3.63) is 18.1 Å². The molecule has 3 fully saturated rings. The van der Waals surface area contributed by atoms with Gasteiger partial charge in [0.15, 0.2) is 0 Å². The van der Waals surface area contributed by atoms with Crippen molar-refractivity contribution in [3.8, 4) is 0 Å². The van der Waals surface area contributed by atoms with Gasteiger partial charge in [0.2, 0.25) is 5.91 Å². The number of aromatic nitrogens is 2. The molecule has 2 saturated carbocycles. The van der Waals surface area contributed by atoms with E-state index < -0.39 is 0 Å². The molecule has 1 saturated heterocycles. The molecule has 1 aliphatic heterocycles. The molecule has 1 aromatic heterocycles. The molecule has 2 heterocycles. The van der Waals surface area contributed by atoms with Gasteiger partial charge < -0.3 is 16.0 Å². The minimum Gasteiger partial charge on any atom is -0.356 e. The van der Waals surface area contributed by atoms with Crippen LogP contribution in [0.15, 0.2) is 12.4 Å². The summed E-state index contributed by atoms with van der Waals surface area (Å²) < 4.78 is 0. The van der Waals surface area contributed by atoms with Crippen LogP contribution in [0.25, 0.3) is 0 Å². The van der Waals surface area contributed by atoms with Gasteiger partial charge in [-0.3, -0.25) is 4.79 Å². The summed E-state index contributed by atoms with van der Waals surface area (Å²) in [5.74, 6) is 2.46. The van der Waals surface area contributed by atoms with Gasteiger partial charge in [0.25, 0.3) is 0 Å². The van der Waals surface area contributed by atoms with Crippen molar-refractivity contribution >= 4 is 11.7 Å². The summed E-state index contributed by atoms with van der Waals surface area (Å²) in [6.07, 6.45) is 10.1. The van der Waals surface area contributed by atoms with E-state index in [2.05, 4.69) is 26.3 Å². The Morgan fingerprint density at radius 2 is 1.96 bits per heavy atom. The highest BCUT2D eigenvalue weighted by molar-refractivity contribution is 5.76. The molecule has 3 aliphatic rings. The number of carbonyl (C=O) groups is 1. The molecule has 2 aliphatic carbocycles. The first-order chi connectivity index (χ1) is 12.2. The second kappa shape index (κ2) is 7.28. The zero-order chi connectivity index (χ0) is 17.2. The molecule has 0 spiro atoms. The molecule has 3 N–H and O–H groups in total. The van der Waals surface area contributed by atoms with E-state index in [1.54, 1.807) is 6.33 Å². The number of anilines is 1. The average molecular weight is 343 g/mol. The summed E-state index contributed by atoms with van der Waals surface area (Å²) in [5.41, 5.74) is 7.04. The SMILES string of the molecule is NC1CC(c2cc(N3CCC(CCC(=O)NC4CC4)CC3)ncn2)C1. The van der Waals surface area contributed by atoms with Gasteiger partial charge in [-0.25, -0.2) is 9.97 Å². The van der Waals surface area contributed by atoms with Gasteiger partial charge in [0.05, 0.1) is 0 Å². The molecule has 0 radical (unpaired) electrons. The van der Waals surface area contributed by atoms with Crippen LogP contribution in [0.1, 0.15) is 63.0 Å². The monoisotopic (exact) mass is 343 g/mol. The van der Waals surface area contributed by atoms with Crippen molar-refractivity contribution in [3.63, 3.8) is 0 Å². The number of rotatable bonds is 6. The highest BCUT2D eigenvalue weighted by atomic mass is 16.1.